The van der Waals surface area contributed by atoms with Gasteiger partial charge in [0.05, 0.1) is 16.8 Å². The third-order valence-corrected chi connectivity index (χ3v) is 10.4. The number of nitrogens with zero attached hydrogens (tertiary/aromatic N) is 1. The predicted molar refractivity (Wildman–Crippen MR) is 190 cm³/mol. The van der Waals surface area contributed by atoms with Gasteiger partial charge >= 0.3 is 0 Å². The molecule has 1 heteroatoms. The number of aromatic nitrogens is 1. The second-order valence-electron chi connectivity index (χ2n) is 13.1. The second kappa shape index (κ2) is 9.99. The number of hydrogen-bond acceptors (Lipinski definition) is 1. The van der Waals surface area contributed by atoms with Crippen LogP contribution in [0.2, 0.25) is 0 Å². The smallest absolute Gasteiger partial charge is 0.0722 e. The van der Waals surface area contributed by atoms with Crippen molar-refractivity contribution in [2.75, 3.05) is 0 Å². The minimum atomic E-state index is -0.427. The molecule has 218 valence electrons. The number of hydrogen-bond donors (Lipinski definition) is 0. The normalized spacial score (nSPS) is 14.7. The van der Waals surface area contributed by atoms with Gasteiger partial charge in [0, 0.05) is 16.5 Å². The first-order valence-corrected chi connectivity index (χ1v) is 16.1. The zero-order valence-corrected chi connectivity index (χ0v) is 26.0. The fourth-order valence-corrected chi connectivity index (χ4v) is 8.35. The van der Waals surface area contributed by atoms with Gasteiger partial charge in [-0.2, -0.15) is 0 Å². The van der Waals surface area contributed by atoms with Crippen LogP contribution in [0.1, 0.15) is 47.2 Å². The number of pyridine rings is 1. The highest BCUT2D eigenvalue weighted by Crippen LogP contribution is 2.63. The summed E-state index contributed by atoms with van der Waals surface area (Å²) in [4.78, 5) is 5.40. The van der Waals surface area contributed by atoms with Gasteiger partial charge < -0.3 is 0 Å². The van der Waals surface area contributed by atoms with Crippen LogP contribution in [-0.2, 0) is 10.8 Å². The highest BCUT2D eigenvalue weighted by molar-refractivity contribution is 5.96. The van der Waals surface area contributed by atoms with Gasteiger partial charge in [0.1, 0.15) is 0 Å². The maximum atomic E-state index is 5.40. The Kier molecular flexibility index (Phi) is 5.83. The molecule has 6 aromatic carbocycles. The van der Waals surface area contributed by atoms with Gasteiger partial charge in [-0.3, -0.25) is 0 Å². The van der Waals surface area contributed by atoms with E-state index in [4.69, 9.17) is 4.98 Å². The highest BCUT2D eigenvalue weighted by Gasteiger charge is 2.53. The van der Waals surface area contributed by atoms with E-state index in [9.17, 15) is 0 Å². The fourth-order valence-electron chi connectivity index (χ4n) is 8.35. The van der Waals surface area contributed by atoms with Crippen LogP contribution in [0.5, 0.6) is 0 Å². The Balaban J connectivity index is 1.38. The number of benzene rings is 6. The van der Waals surface area contributed by atoms with Crippen LogP contribution in [0, 0.1) is 0 Å². The van der Waals surface area contributed by atoms with E-state index >= 15 is 0 Å². The molecule has 46 heavy (non-hydrogen) atoms. The molecule has 2 aliphatic rings. The summed E-state index contributed by atoms with van der Waals surface area (Å²) in [5.41, 5.74) is 16.8. The van der Waals surface area contributed by atoms with Crippen molar-refractivity contribution in [2.24, 2.45) is 0 Å². The van der Waals surface area contributed by atoms with Gasteiger partial charge in [-0.1, -0.05) is 166 Å². The van der Waals surface area contributed by atoms with E-state index in [-0.39, 0.29) is 5.41 Å². The molecule has 0 fully saturated rings. The molecular formula is C45H33N. The van der Waals surface area contributed by atoms with Crippen LogP contribution in [0.15, 0.2) is 164 Å². The van der Waals surface area contributed by atoms with E-state index in [0.29, 0.717) is 0 Å². The third-order valence-electron chi connectivity index (χ3n) is 10.4. The zero-order valence-electron chi connectivity index (χ0n) is 26.0. The van der Waals surface area contributed by atoms with Crippen molar-refractivity contribution in [3.05, 3.63) is 197 Å². The molecule has 7 aromatic rings. The van der Waals surface area contributed by atoms with E-state index in [1.807, 2.05) is 0 Å². The summed E-state index contributed by atoms with van der Waals surface area (Å²) in [5, 5.41) is 0. The molecule has 0 amide bonds. The SMILES string of the molecule is CC1(C)c2ccccc2C2(c3ccccc3-c3c(-c4cc(-c5ccccc5)cc(-c5ccccc5)n4)cccc32)c2ccccc21. The Bertz CT molecular complexity index is 2170. The molecule has 0 N–H and O–H groups in total. The Hall–Kier alpha value is -5.53. The second-order valence-corrected chi connectivity index (χ2v) is 13.1. The van der Waals surface area contributed by atoms with E-state index in [0.717, 1.165) is 28.1 Å². The minimum Gasteiger partial charge on any atom is -0.248 e. The van der Waals surface area contributed by atoms with Crippen LogP contribution in [0.3, 0.4) is 0 Å². The standard InChI is InChI=1S/C45H33N/c1-44(2)36-23-11-13-25-38(36)45(39-26-14-12-24-37(39)44)35-22-10-9-20-33(35)43-34(21-15-27-40(43)45)42-29-32(30-16-5-3-6-17-30)28-41(46-42)31-18-7-4-8-19-31/h3-29H,1-2H3. The van der Waals surface area contributed by atoms with Crippen molar-refractivity contribution in [1.82, 2.24) is 4.98 Å². The fraction of sp³-hybridized carbons (Fsp3) is 0.0889. The first-order chi connectivity index (χ1) is 22.6. The average molecular weight is 588 g/mol. The molecule has 0 unspecified atom stereocenters. The molecule has 1 spiro atoms. The molecule has 0 radical (unpaired) electrons. The average Bonchev–Trinajstić information content (AvgIpc) is 3.43. The summed E-state index contributed by atoms with van der Waals surface area (Å²) in [7, 11) is 0. The van der Waals surface area contributed by atoms with Gasteiger partial charge in [0.15, 0.2) is 0 Å². The van der Waals surface area contributed by atoms with Gasteiger partial charge in [0.2, 0.25) is 0 Å². The van der Waals surface area contributed by atoms with Gasteiger partial charge in [-0.25, -0.2) is 4.98 Å². The summed E-state index contributed by atoms with van der Waals surface area (Å²) in [5.74, 6) is 0. The Morgan fingerprint density at radius 2 is 0.848 bits per heavy atom. The molecule has 1 aromatic heterocycles. The Labute approximate surface area is 270 Å². The minimum absolute atomic E-state index is 0.121. The summed E-state index contributed by atoms with van der Waals surface area (Å²) in [6, 6.07) is 59.9. The zero-order chi connectivity index (χ0) is 30.9. The first kappa shape index (κ1) is 26.8. The molecule has 0 atom stereocenters. The summed E-state index contributed by atoms with van der Waals surface area (Å²) in [6.07, 6.45) is 0. The molecule has 0 saturated carbocycles. The van der Waals surface area contributed by atoms with Gasteiger partial charge in [-0.15, -0.1) is 0 Å². The Morgan fingerprint density at radius 1 is 0.370 bits per heavy atom. The number of fused-ring (bicyclic) bond motifs is 9. The monoisotopic (exact) mass is 587 g/mol. The van der Waals surface area contributed by atoms with Gasteiger partial charge in [-0.05, 0) is 67.8 Å². The third kappa shape index (κ3) is 3.66. The molecule has 0 bridgehead atoms. The van der Waals surface area contributed by atoms with E-state index in [1.54, 1.807) is 0 Å². The van der Waals surface area contributed by atoms with Crippen molar-refractivity contribution < 1.29 is 0 Å². The number of rotatable bonds is 3. The van der Waals surface area contributed by atoms with Crippen molar-refractivity contribution in [3.63, 3.8) is 0 Å². The van der Waals surface area contributed by atoms with Crippen molar-refractivity contribution >= 4 is 0 Å². The molecule has 1 heterocycles. The highest BCUT2D eigenvalue weighted by atomic mass is 14.7. The largest absolute Gasteiger partial charge is 0.248 e. The van der Waals surface area contributed by atoms with Gasteiger partial charge in [0.25, 0.3) is 0 Å². The summed E-state index contributed by atoms with van der Waals surface area (Å²) >= 11 is 0. The lowest BCUT2D eigenvalue weighted by atomic mass is 9.55. The van der Waals surface area contributed by atoms with Crippen molar-refractivity contribution in [2.45, 2.75) is 24.7 Å². The maximum absolute atomic E-state index is 5.40. The predicted octanol–water partition coefficient (Wildman–Crippen LogP) is 11.1. The summed E-state index contributed by atoms with van der Waals surface area (Å²) in [6.45, 7) is 4.75. The lowest BCUT2D eigenvalue weighted by Gasteiger charge is -2.46. The molecule has 0 saturated heterocycles. The van der Waals surface area contributed by atoms with Crippen molar-refractivity contribution in [1.29, 1.82) is 0 Å². The molecule has 9 rings (SSSR count). The topological polar surface area (TPSA) is 12.9 Å². The molecule has 0 aliphatic heterocycles. The van der Waals surface area contributed by atoms with Crippen LogP contribution in [-0.4, -0.2) is 4.98 Å². The van der Waals surface area contributed by atoms with E-state index < -0.39 is 5.41 Å². The van der Waals surface area contributed by atoms with Crippen LogP contribution < -0.4 is 0 Å². The lowest BCUT2D eigenvalue weighted by molar-refractivity contribution is 0.563. The van der Waals surface area contributed by atoms with Crippen LogP contribution >= 0.6 is 0 Å². The molecule has 1 nitrogen and oxygen atoms in total. The quantitative estimate of drug-likeness (QED) is 0.200. The molecular weight excluding hydrogens is 555 g/mol. The molecule has 2 aliphatic carbocycles. The Morgan fingerprint density at radius 3 is 1.50 bits per heavy atom. The van der Waals surface area contributed by atoms with E-state index in [1.165, 1.54) is 50.1 Å². The van der Waals surface area contributed by atoms with Crippen molar-refractivity contribution in [3.8, 4) is 44.8 Å². The maximum Gasteiger partial charge on any atom is 0.0722 e. The first-order valence-electron chi connectivity index (χ1n) is 16.1. The lowest BCUT2D eigenvalue weighted by Crippen LogP contribution is -2.40. The van der Waals surface area contributed by atoms with E-state index in [2.05, 4.69) is 178 Å². The van der Waals surface area contributed by atoms with Crippen LogP contribution in [0.25, 0.3) is 44.8 Å². The summed E-state index contributed by atoms with van der Waals surface area (Å²) < 4.78 is 0. The van der Waals surface area contributed by atoms with Crippen LogP contribution in [0.4, 0.5) is 0 Å².